The van der Waals surface area contributed by atoms with E-state index in [4.69, 9.17) is 14.5 Å². The number of carbonyl (C=O) groups is 2. The molecule has 4 heterocycles. The van der Waals surface area contributed by atoms with E-state index in [2.05, 4.69) is 20.3 Å². The molecular weight excluding hydrogens is 491 g/mol. The van der Waals surface area contributed by atoms with Crippen LogP contribution in [0.2, 0.25) is 0 Å². The Morgan fingerprint density at radius 1 is 1.29 bits per heavy atom. The third-order valence-corrected chi connectivity index (χ3v) is 6.35. The fourth-order valence-electron chi connectivity index (χ4n) is 4.68. The molecule has 1 N–H and O–H groups in total. The van der Waals surface area contributed by atoms with Crippen LogP contribution in [-0.2, 0) is 15.9 Å². The van der Waals surface area contributed by atoms with Crippen molar-refractivity contribution < 1.29 is 23.5 Å². The Morgan fingerprint density at radius 2 is 2.08 bits per heavy atom. The van der Waals surface area contributed by atoms with E-state index < -0.39 is 23.6 Å². The first-order valence-corrected chi connectivity index (χ1v) is 13.0. The first-order chi connectivity index (χ1) is 18.1. The summed E-state index contributed by atoms with van der Waals surface area (Å²) in [6.07, 6.45) is 7.28. The van der Waals surface area contributed by atoms with Gasteiger partial charge in [0.1, 0.15) is 17.0 Å². The number of anilines is 1. The number of amides is 1. The van der Waals surface area contributed by atoms with Gasteiger partial charge in [0, 0.05) is 25.0 Å². The topological polar surface area (TPSA) is 111 Å². The van der Waals surface area contributed by atoms with Crippen LogP contribution in [0, 0.1) is 5.95 Å². The second-order valence-corrected chi connectivity index (χ2v) is 10.5. The van der Waals surface area contributed by atoms with Crippen LogP contribution in [0.3, 0.4) is 0 Å². The molecule has 1 fully saturated rings. The highest BCUT2D eigenvalue weighted by molar-refractivity contribution is 5.95. The summed E-state index contributed by atoms with van der Waals surface area (Å²) in [6.45, 7) is 10.1. The van der Waals surface area contributed by atoms with Crippen LogP contribution >= 0.6 is 0 Å². The highest BCUT2D eigenvalue weighted by Crippen LogP contribution is 2.37. The van der Waals surface area contributed by atoms with E-state index >= 15 is 0 Å². The number of esters is 1. The Hall–Kier alpha value is -3.76. The molecular formula is C27H35FN6O4. The van der Waals surface area contributed by atoms with Crippen molar-refractivity contribution >= 4 is 23.5 Å². The fraction of sp³-hybridized carbons (Fsp3) is 0.519. The maximum atomic E-state index is 14.4. The van der Waals surface area contributed by atoms with E-state index in [1.165, 1.54) is 16.8 Å². The standard InChI is InChI=1S/C27H35FN6O4/c1-6-37-25(35)20-16-30-34-13-11-23(32-24(20)34)33-12-7-8-21(33)19-14-22(28)29-15-18(19)10-9-17(2)31-26(36)38-27(3,4)5/h11,13-17,21H,6-10,12H2,1-5H3,(H,31,36)/t17-,21?/m1/s1. The zero-order chi connectivity index (χ0) is 27.4. The zero-order valence-electron chi connectivity index (χ0n) is 22.5. The van der Waals surface area contributed by atoms with Gasteiger partial charge in [0.15, 0.2) is 5.65 Å². The summed E-state index contributed by atoms with van der Waals surface area (Å²) in [5, 5.41) is 7.07. The molecule has 0 bridgehead atoms. The molecule has 1 aliphatic rings. The average molecular weight is 527 g/mol. The monoisotopic (exact) mass is 526 g/mol. The number of nitrogens with zero attached hydrogens (tertiary/aromatic N) is 5. The predicted octanol–water partition coefficient (Wildman–Crippen LogP) is 4.63. The summed E-state index contributed by atoms with van der Waals surface area (Å²) in [6, 6.07) is 3.08. The van der Waals surface area contributed by atoms with Gasteiger partial charge in [0.2, 0.25) is 5.95 Å². The molecule has 3 aromatic rings. The van der Waals surface area contributed by atoms with Crippen molar-refractivity contribution in [2.75, 3.05) is 18.1 Å². The minimum atomic E-state index is -0.575. The lowest BCUT2D eigenvalue weighted by Crippen LogP contribution is -2.37. The van der Waals surface area contributed by atoms with Gasteiger partial charge in [0.05, 0.1) is 18.8 Å². The van der Waals surface area contributed by atoms with E-state index in [1.807, 2.05) is 33.8 Å². The van der Waals surface area contributed by atoms with Gasteiger partial charge in [-0.05, 0) is 83.6 Å². The lowest BCUT2D eigenvalue weighted by molar-refractivity contribution is 0.0502. The largest absolute Gasteiger partial charge is 0.462 e. The molecule has 0 saturated carbocycles. The first-order valence-electron chi connectivity index (χ1n) is 13.0. The van der Waals surface area contributed by atoms with Gasteiger partial charge in [-0.25, -0.2) is 24.1 Å². The van der Waals surface area contributed by atoms with Crippen molar-refractivity contribution in [2.24, 2.45) is 0 Å². The number of aryl methyl sites for hydroxylation is 1. The Kier molecular flexibility index (Phi) is 8.13. The van der Waals surface area contributed by atoms with Crippen LogP contribution in [0.1, 0.15) is 81.4 Å². The van der Waals surface area contributed by atoms with Gasteiger partial charge < -0.3 is 19.7 Å². The predicted molar refractivity (Wildman–Crippen MR) is 140 cm³/mol. The number of halogens is 1. The molecule has 0 aliphatic carbocycles. The van der Waals surface area contributed by atoms with Gasteiger partial charge in [-0.3, -0.25) is 0 Å². The van der Waals surface area contributed by atoms with E-state index in [1.54, 1.807) is 19.3 Å². The van der Waals surface area contributed by atoms with Crippen LogP contribution in [0.15, 0.2) is 30.7 Å². The van der Waals surface area contributed by atoms with Crippen LogP contribution in [0.5, 0.6) is 0 Å². The van der Waals surface area contributed by atoms with Crippen molar-refractivity contribution in [3.63, 3.8) is 0 Å². The molecule has 38 heavy (non-hydrogen) atoms. The minimum Gasteiger partial charge on any atom is -0.462 e. The Labute approximate surface area is 221 Å². The zero-order valence-corrected chi connectivity index (χ0v) is 22.5. The van der Waals surface area contributed by atoms with Crippen LogP contribution < -0.4 is 10.2 Å². The number of aromatic nitrogens is 4. The van der Waals surface area contributed by atoms with Gasteiger partial charge in [0.25, 0.3) is 0 Å². The smallest absolute Gasteiger partial charge is 0.407 e. The summed E-state index contributed by atoms with van der Waals surface area (Å²) >= 11 is 0. The van der Waals surface area contributed by atoms with E-state index in [0.717, 1.165) is 30.5 Å². The molecule has 10 nitrogen and oxygen atoms in total. The quantitative estimate of drug-likeness (QED) is 0.334. The second kappa shape index (κ2) is 11.3. The average Bonchev–Trinajstić information content (AvgIpc) is 3.49. The normalized spacial score (nSPS) is 16.5. The van der Waals surface area contributed by atoms with Crippen molar-refractivity contribution in [2.45, 2.75) is 78.0 Å². The molecule has 0 radical (unpaired) electrons. The van der Waals surface area contributed by atoms with E-state index in [0.29, 0.717) is 29.9 Å². The van der Waals surface area contributed by atoms with Gasteiger partial charge >= 0.3 is 12.1 Å². The Bertz CT molecular complexity index is 1300. The fourth-order valence-corrected chi connectivity index (χ4v) is 4.68. The van der Waals surface area contributed by atoms with Crippen molar-refractivity contribution in [3.05, 3.63) is 53.4 Å². The molecule has 3 aromatic heterocycles. The third kappa shape index (κ3) is 6.38. The van der Waals surface area contributed by atoms with Crippen LogP contribution in [0.4, 0.5) is 15.0 Å². The SMILES string of the molecule is CCOC(=O)c1cnn2ccc(N3CCCC3c3cc(F)ncc3CC[C@@H](C)NC(=O)OC(C)(C)C)nc12. The highest BCUT2D eigenvalue weighted by atomic mass is 19.1. The number of hydrogen-bond acceptors (Lipinski definition) is 8. The molecule has 0 aromatic carbocycles. The lowest BCUT2D eigenvalue weighted by atomic mass is 9.96. The van der Waals surface area contributed by atoms with Gasteiger partial charge in [-0.1, -0.05) is 0 Å². The van der Waals surface area contributed by atoms with E-state index in [-0.39, 0.29) is 18.7 Å². The Morgan fingerprint density at radius 3 is 2.82 bits per heavy atom. The molecule has 4 rings (SSSR count). The molecule has 0 spiro atoms. The van der Waals surface area contributed by atoms with E-state index in [9.17, 15) is 14.0 Å². The van der Waals surface area contributed by atoms with Gasteiger partial charge in [-0.2, -0.15) is 9.49 Å². The second-order valence-electron chi connectivity index (χ2n) is 10.5. The summed E-state index contributed by atoms with van der Waals surface area (Å²) in [5.74, 6) is -0.341. The molecule has 1 unspecified atom stereocenters. The summed E-state index contributed by atoms with van der Waals surface area (Å²) in [7, 11) is 0. The van der Waals surface area contributed by atoms with Crippen LogP contribution in [-0.4, -0.2) is 56.4 Å². The first kappa shape index (κ1) is 27.3. The summed E-state index contributed by atoms with van der Waals surface area (Å²) in [4.78, 5) is 35.3. The maximum absolute atomic E-state index is 14.4. The Balaban J connectivity index is 1.54. The number of alkyl carbamates (subject to hydrolysis) is 1. The molecule has 1 saturated heterocycles. The van der Waals surface area contributed by atoms with Crippen molar-refractivity contribution in [1.82, 2.24) is 24.9 Å². The number of carbonyl (C=O) groups excluding carboxylic acids is 2. The van der Waals surface area contributed by atoms with Gasteiger partial charge in [-0.15, -0.1) is 0 Å². The highest BCUT2D eigenvalue weighted by Gasteiger charge is 2.30. The van der Waals surface area contributed by atoms with Crippen molar-refractivity contribution in [3.8, 4) is 0 Å². The van der Waals surface area contributed by atoms with Crippen LogP contribution in [0.25, 0.3) is 5.65 Å². The molecule has 1 amide bonds. The van der Waals surface area contributed by atoms with Crippen molar-refractivity contribution in [1.29, 1.82) is 0 Å². The number of fused-ring (bicyclic) bond motifs is 1. The number of pyridine rings is 1. The minimum absolute atomic E-state index is 0.111. The number of nitrogens with one attached hydrogen (secondary N) is 1. The number of rotatable bonds is 8. The summed E-state index contributed by atoms with van der Waals surface area (Å²) in [5.41, 5.74) is 1.90. The lowest BCUT2D eigenvalue weighted by Gasteiger charge is -2.28. The molecule has 204 valence electrons. The molecule has 11 heteroatoms. The number of hydrogen-bond donors (Lipinski definition) is 1. The molecule has 2 atom stereocenters. The number of ether oxygens (including phenoxy) is 2. The maximum Gasteiger partial charge on any atom is 0.407 e. The summed E-state index contributed by atoms with van der Waals surface area (Å²) < 4.78 is 26.4. The molecule has 1 aliphatic heterocycles. The third-order valence-electron chi connectivity index (χ3n) is 6.35.